The highest BCUT2D eigenvalue weighted by Crippen LogP contribution is 2.24. The number of nitrogens with one attached hydrogen (secondary N) is 2. The topological polar surface area (TPSA) is 50.4 Å². The van der Waals surface area contributed by atoms with Gasteiger partial charge in [0.25, 0.3) is 0 Å². The van der Waals surface area contributed by atoms with Crippen molar-refractivity contribution in [3.8, 4) is 5.75 Å². The van der Waals surface area contributed by atoms with Crippen molar-refractivity contribution >= 4 is 17.5 Å². The molecule has 0 aliphatic rings. The molecule has 0 saturated heterocycles. The van der Waals surface area contributed by atoms with Crippen LogP contribution < -0.4 is 15.4 Å². The molecule has 0 spiro atoms. The number of rotatable bonds is 6. The Labute approximate surface area is 106 Å². The molecule has 0 heterocycles. The third kappa shape index (κ3) is 5.06. The molecule has 17 heavy (non-hydrogen) atoms. The predicted octanol–water partition coefficient (Wildman–Crippen LogP) is 1.57. The first kappa shape index (κ1) is 13.8. The molecule has 5 heteroatoms. The lowest BCUT2D eigenvalue weighted by Gasteiger charge is -2.08. The number of halogens is 1. The Morgan fingerprint density at radius 3 is 2.76 bits per heavy atom. The molecule has 0 fully saturated rings. The summed E-state index contributed by atoms with van der Waals surface area (Å²) in [6.07, 6.45) is 0. The Morgan fingerprint density at radius 2 is 2.18 bits per heavy atom. The summed E-state index contributed by atoms with van der Waals surface area (Å²) >= 11 is 6.00. The number of benzene rings is 1. The predicted molar refractivity (Wildman–Crippen MR) is 68.4 cm³/mol. The zero-order valence-corrected chi connectivity index (χ0v) is 10.8. The van der Waals surface area contributed by atoms with Crippen molar-refractivity contribution in [2.45, 2.75) is 13.5 Å². The van der Waals surface area contributed by atoms with Crippen LogP contribution in [0.5, 0.6) is 5.75 Å². The number of hydrogen-bond acceptors (Lipinski definition) is 3. The first-order chi connectivity index (χ1) is 8.13. The van der Waals surface area contributed by atoms with Gasteiger partial charge in [-0.15, -0.1) is 0 Å². The van der Waals surface area contributed by atoms with Gasteiger partial charge in [0.1, 0.15) is 5.75 Å². The van der Waals surface area contributed by atoms with Crippen molar-refractivity contribution < 1.29 is 9.53 Å². The van der Waals surface area contributed by atoms with Gasteiger partial charge in [-0.2, -0.15) is 0 Å². The fourth-order valence-electron chi connectivity index (χ4n) is 1.38. The monoisotopic (exact) mass is 256 g/mol. The molecule has 0 aliphatic heterocycles. The molecule has 0 bridgehead atoms. The van der Waals surface area contributed by atoms with Crippen LogP contribution in [0, 0.1) is 0 Å². The summed E-state index contributed by atoms with van der Waals surface area (Å²) < 4.78 is 5.07. The highest BCUT2D eigenvalue weighted by atomic mass is 35.5. The van der Waals surface area contributed by atoms with Crippen LogP contribution in [-0.4, -0.2) is 26.1 Å². The Morgan fingerprint density at radius 1 is 1.41 bits per heavy atom. The van der Waals surface area contributed by atoms with E-state index in [1.54, 1.807) is 7.11 Å². The van der Waals surface area contributed by atoms with Gasteiger partial charge in [-0.25, -0.2) is 0 Å². The lowest BCUT2D eigenvalue weighted by Crippen LogP contribution is -2.29. The van der Waals surface area contributed by atoms with E-state index in [2.05, 4.69) is 10.6 Å². The minimum Gasteiger partial charge on any atom is -0.495 e. The van der Waals surface area contributed by atoms with Gasteiger partial charge in [-0.3, -0.25) is 4.79 Å². The average molecular weight is 257 g/mol. The van der Waals surface area contributed by atoms with Crippen molar-refractivity contribution in [2.24, 2.45) is 0 Å². The number of methoxy groups -OCH3 is 1. The Bertz CT molecular complexity index is 383. The van der Waals surface area contributed by atoms with Crippen molar-refractivity contribution in [1.29, 1.82) is 0 Å². The summed E-state index contributed by atoms with van der Waals surface area (Å²) in [7, 11) is 1.59. The molecule has 1 aromatic rings. The van der Waals surface area contributed by atoms with Gasteiger partial charge >= 0.3 is 0 Å². The van der Waals surface area contributed by atoms with E-state index >= 15 is 0 Å². The van der Waals surface area contributed by atoms with E-state index in [1.807, 2.05) is 18.2 Å². The fraction of sp³-hybridized carbons (Fsp3) is 0.417. The van der Waals surface area contributed by atoms with Crippen molar-refractivity contribution in [3.05, 3.63) is 28.8 Å². The Kier molecular flexibility index (Phi) is 5.80. The van der Waals surface area contributed by atoms with E-state index in [-0.39, 0.29) is 5.91 Å². The second-order valence-electron chi connectivity index (χ2n) is 3.63. The standard InChI is InChI=1S/C12H17ClN2O2/c1-9(16)15-6-5-14-8-10-3-4-12(17-2)11(13)7-10/h3-4,7,14H,5-6,8H2,1-2H3,(H,15,16). The average Bonchev–Trinajstić information content (AvgIpc) is 2.28. The summed E-state index contributed by atoms with van der Waals surface area (Å²) in [6, 6.07) is 5.66. The zero-order chi connectivity index (χ0) is 12.7. The van der Waals surface area contributed by atoms with Crippen LogP contribution in [0.3, 0.4) is 0 Å². The van der Waals surface area contributed by atoms with E-state index in [9.17, 15) is 4.79 Å². The minimum atomic E-state index is -0.0145. The summed E-state index contributed by atoms with van der Waals surface area (Å²) in [5.74, 6) is 0.660. The van der Waals surface area contributed by atoms with Gasteiger partial charge in [-0.1, -0.05) is 17.7 Å². The largest absolute Gasteiger partial charge is 0.495 e. The molecule has 0 atom stereocenters. The lowest BCUT2D eigenvalue weighted by atomic mass is 10.2. The molecule has 1 aromatic carbocycles. The zero-order valence-electron chi connectivity index (χ0n) is 10.0. The van der Waals surface area contributed by atoms with E-state index in [1.165, 1.54) is 6.92 Å². The summed E-state index contributed by atoms with van der Waals surface area (Å²) in [5.41, 5.74) is 1.08. The highest BCUT2D eigenvalue weighted by molar-refractivity contribution is 6.32. The molecule has 0 aliphatic carbocycles. The number of amides is 1. The van der Waals surface area contributed by atoms with E-state index in [0.29, 0.717) is 23.9 Å². The quantitative estimate of drug-likeness (QED) is 0.760. The lowest BCUT2D eigenvalue weighted by molar-refractivity contribution is -0.118. The SMILES string of the molecule is COc1ccc(CNCCNC(C)=O)cc1Cl. The van der Waals surface area contributed by atoms with Crippen LogP contribution in [0.1, 0.15) is 12.5 Å². The van der Waals surface area contributed by atoms with Crippen LogP contribution >= 0.6 is 11.6 Å². The molecule has 0 aromatic heterocycles. The summed E-state index contributed by atoms with van der Waals surface area (Å²) in [4.78, 5) is 10.6. The maximum absolute atomic E-state index is 10.6. The van der Waals surface area contributed by atoms with Gasteiger partial charge in [-0.05, 0) is 17.7 Å². The smallest absolute Gasteiger partial charge is 0.216 e. The molecule has 0 unspecified atom stereocenters. The molecular formula is C12H17ClN2O2. The third-order valence-corrected chi connectivity index (χ3v) is 2.52. The first-order valence-corrected chi connectivity index (χ1v) is 5.79. The maximum Gasteiger partial charge on any atom is 0.216 e. The van der Waals surface area contributed by atoms with Gasteiger partial charge in [0.15, 0.2) is 0 Å². The molecule has 94 valence electrons. The van der Waals surface area contributed by atoms with E-state index < -0.39 is 0 Å². The van der Waals surface area contributed by atoms with Crippen molar-refractivity contribution in [3.63, 3.8) is 0 Å². The molecule has 1 amide bonds. The van der Waals surface area contributed by atoms with E-state index in [4.69, 9.17) is 16.3 Å². The second kappa shape index (κ2) is 7.14. The first-order valence-electron chi connectivity index (χ1n) is 5.41. The highest BCUT2D eigenvalue weighted by Gasteiger charge is 2.01. The maximum atomic E-state index is 10.6. The Balaban J connectivity index is 2.32. The van der Waals surface area contributed by atoms with Crippen LogP contribution in [0.2, 0.25) is 5.02 Å². The number of hydrogen-bond donors (Lipinski definition) is 2. The van der Waals surface area contributed by atoms with Gasteiger partial charge in [0.05, 0.1) is 12.1 Å². The number of ether oxygens (including phenoxy) is 1. The molecule has 4 nitrogen and oxygen atoms in total. The fourth-order valence-corrected chi connectivity index (χ4v) is 1.66. The minimum absolute atomic E-state index is 0.0145. The molecule has 2 N–H and O–H groups in total. The number of carbonyl (C=O) groups excluding carboxylic acids is 1. The van der Waals surface area contributed by atoms with Crippen LogP contribution in [0.25, 0.3) is 0 Å². The van der Waals surface area contributed by atoms with E-state index in [0.717, 1.165) is 12.1 Å². The summed E-state index contributed by atoms with van der Waals surface area (Å²) in [6.45, 7) is 3.56. The molecular weight excluding hydrogens is 240 g/mol. The van der Waals surface area contributed by atoms with Gasteiger partial charge < -0.3 is 15.4 Å². The Hall–Kier alpha value is -1.26. The van der Waals surface area contributed by atoms with Crippen LogP contribution in [0.15, 0.2) is 18.2 Å². The van der Waals surface area contributed by atoms with Crippen LogP contribution in [-0.2, 0) is 11.3 Å². The molecule has 0 radical (unpaired) electrons. The van der Waals surface area contributed by atoms with Gasteiger partial charge in [0, 0.05) is 26.6 Å². The summed E-state index contributed by atoms with van der Waals surface area (Å²) in [5, 5.41) is 6.53. The normalized spacial score (nSPS) is 10.1. The molecule has 1 rings (SSSR count). The van der Waals surface area contributed by atoms with Crippen molar-refractivity contribution in [1.82, 2.24) is 10.6 Å². The molecule has 0 saturated carbocycles. The number of carbonyl (C=O) groups is 1. The van der Waals surface area contributed by atoms with Gasteiger partial charge in [0.2, 0.25) is 5.91 Å². The van der Waals surface area contributed by atoms with Crippen molar-refractivity contribution in [2.75, 3.05) is 20.2 Å². The third-order valence-electron chi connectivity index (χ3n) is 2.22. The second-order valence-corrected chi connectivity index (χ2v) is 4.04. The van der Waals surface area contributed by atoms with Crippen LogP contribution in [0.4, 0.5) is 0 Å².